The molecule has 13 heavy (non-hydrogen) atoms. The van der Waals surface area contributed by atoms with Gasteiger partial charge in [-0.2, -0.15) is 0 Å². The summed E-state index contributed by atoms with van der Waals surface area (Å²) in [6.45, 7) is 0. The molecule has 0 radical (unpaired) electrons. The molecule has 0 unspecified atom stereocenters. The number of aryl methyl sites for hydroxylation is 1. The summed E-state index contributed by atoms with van der Waals surface area (Å²) in [5.41, 5.74) is 1.50. The van der Waals surface area contributed by atoms with E-state index in [9.17, 15) is 0 Å². The third-order valence-corrected chi connectivity index (χ3v) is 3.65. The van der Waals surface area contributed by atoms with Crippen LogP contribution in [0.5, 0.6) is 0 Å². The average molecular weight is 353 g/mol. The fourth-order valence-corrected chi connectivity index (χ4v) is 2.34. The third-order valence-electron chi connectivity index (χ3n) is 2.04. The van der Waals surface area contributed by atoms with E-state index in [0.717, 1.165) is 5.33 Å². The lowest BCUT2D eigenvalue weighted by atomic mass is 10.1. The normalized spacial score (nSPS) is 10.3. The molecule has 0 heterocycles. The van der Waals surface area contributed by atoms with Gasteiger partial charge in [-0.3, -0.25) is 0 Å². The Morgan fingerprint density at radius 2 is 1.85 bits per heavy atom. The number of hydrogen-bond donors (Lipinski definition) is 0. The van der Waals surface area contributed by atoms with E-state index < -0.39 is 0 Å². The molecule has 0 aromatic heterocycles. The molecule has 0 saturated heterocycles. The maximum atomic E-state index is 3.45. The van der Waals surface area contributed by atoms with E-state index >= 15 is 0 Å². The quantitative estimate of drug-likeness (QED) is 0.418. The highest BCUT2D eigenvalue weighted by Gasteiger charge is 1.97. The molecule has 0 bridgehead atoms. The number of rotatable bonds is 5. The summed E-state index contributed by atoms with van der Waals surface area (Å²) < 4.78 is 1.40. The van der Waals surface area contributed by atoms with Crippen molar-refractivity contribution in [3.63, 3.8) is 0 Å². The Bertz CT molecular complexity index is 248. The maximum Gasteiger partial charge on any atom is 0.0162 e. The molecule has 1 rings (SSSR count). The van der Waals surface area contributed by atoms with Gasteiger partial charge in [0.05, 0.1) is 0 Å². The van der Waals surface area contributed by atoms with Gasteiger partial charge in [0.15, 0.2) is 0 Å². The molecule has 0 nitrogen and oxygen atoms in total. The summed E-state index contributed by atoms with van der Waals surface area (Å²) in [6.07, 6.45) is 5.16. The Kier molecular flexibility index (Phi) is 6.04. The first-order valence-corrected chi connectivity index (χ1v) is 6.84. The van der Waals surface area contributed by atoms with Crippen LogP contribution in [0.15, 0.2) is 24.3 Å². The molecule has 2 heteroatoms. The number of alkyl halides is 1. The van der Waals surface area contributed by atoms with Crippen LogP contribution >= 0.6 is 38.5 Å². The summed E-state index contributed by atoms with van der Waals surface area (Å²) in [6, 6.07) is 8.64. The topological polar surface area (TPSA) is 0 Å². The van der Waals surface area contributed by atoms with Crippen LogP contribution < -0.4 is 0 Å². The van der Waals surface area contributed by atoms with Crippen molar-refractivity contribution >= 4 is 38.5 Å². The van der Waals surface area contributed by atoms with Crippen molar-refractivity contribution in [2.75, 3.05) is 5.33 Å². The van der Waals surface area contributed by atoms with Crippen molar-refractivity contribution in [1.29, 1.82) is 0 Å². The van der Waals surface area contributed by atoms with Crippen LogP contribution in [0.4, 0.5) is 0 Å². The lowest BCUT2D eigenvalue weighted by Crippen LogP contribution is -1.89. The van der Waals surface area contributed by atoms with Crippen LogP contribution in [0.1, 0.15) is 24.8 Å². The predicted molar refractivity (Wildman–Crippen MR) is 70.5 cm³/mol. The van der Waals surface area contributed by atoms with Crippen molar-refractivity contribution in [3.05, 3.63) is 33.4 Å². The van der Waals surface area contributed by atoms with Gasteiger partial charge in [-0.25, -0.2) is 0 Å². The minimum atomic E-state index is 1.14. The van der Waals surface area contributed by atoms with Crippen molar-refractivity contribution in [1.82, 2.24) is 0 Å². The summed E-state index contributed by atoms with van der Waals surface area (Å²) >= 11 is 5.86. The zero-order valence-electron chi connectivity index (χ0n) is 7.60. The number of halogens is 2. The van der Waals surface area contributed by atoms with Gasteiger partial charge in [0.1, 0.15) is 0 Å². The molecule has 0 N–H and O–H groups in total. The van der Waals surface area contributed by atoms with Crippen LogP contribution in [-0.4, -0.2) is 5.33 Å². The van der Waals surface area contributed by atoms with Gasteiger partial charge in [-0.05, 0) is 53.5 Å². The largest absolute Gasteiger partial charge is 0.0928 e. The summed E-state index contributed by atoms with van der Waals surface area (Å²) in [4.78, 5) is 0. The van der Waals surface area contributed by atoms with E-state index in [2.05, 4.69) is 62.8 Å². The number of benzene rings is 1. The van der Waals surface area contributed by atoms with Gasteiger partial charge in [0.25, 0.3) is 0 Å². The van der Waals surface area contributed by atoms with Crippen LogP contribution in [0.3, 0.4) is 0 Å². The first kappa shape index (κ1) is 11.5. The number of unbranched alkanes of at least 4 members (excludes halogenated alkanes) is 2. The molecule has 1 aromatic carbocycles. The van der Waals surface area contributed by atoms with Crippen molar-refractivity contribution in [3.8, 4) is 0 Å². The molecule has 0 amide bonds. The van der Waals surface area contributed by atoms with Crippen LogP contribution in [0.2, 0.25) is 0 Å². The van der Waals surface area contributed by atoms with Crippen molar-refractivity contribution < 1.29 is 0 Å². The highest BCUT2D eigenvalue weighted by molar-refractivity contribution is 14.1. The second-order valence-electron chi connectivity index (χ2n) is 3.09. The van der Waals surface area contributed by atoms with E-state index in [1.165, 1.54) is 34.8 Å². The lowest BCUT2D eigenvalue weighted by Gasteiger charge is -2.02. The average Bonchev–Trinajstić information content (AvgIpc) is 2.15. The Hall–Kier alpha value is 0.430. The SMILES string of the molecule is BrCCCCCc1ccccc1I. The van der Waals surface area contributed by atoms with E-state index in [1.807, 2.05) is 0 Å². The molecule has 0 atom stereocenters. The summed E-state index contributed by atoms with van der Waals surface area (Å²) in [5.74, 6) is 0. The monoisotopic (exact) mass is 352 g/mol. The van der Waals surface area contributed by atoms with E-state index in [1.54, 1.807) is 0 Å². The lowest BCUT2D eigenvalue weighted by molar-refractivity contribution is 0.723. The highest BCUT2D eigenvalue weighted by atomic mass is 127. The molecular weight excluding hydrogens is 339 g/mol. The fourth-order valence-electron chi connectivity index (χ4n) is 1.29. The van der Waals surface area contributed by atoms with E-state index in [4.69, 9.17) is 0 Å². The third kappa shape index (κ3) is 4.45. The van der Waals surface area contributed by atoms with Crippen LogP contribution in [0.25, 0.3) is 0 Å². The maximum absolute atomic E-state index is 3.45. The molecule has 0 aliphatic rings. The molecular formula is C11H14BrI. The van der Waals surface area contributed by atoms with Crippen molar-refractivity contribution in [2.24, 2.45) is 0 Å². The Morgan fingerprint density at radius 1 is 1.08 bits per heavy atom. The second-order valence-corrected chi connectivity index (χ2v) is 5.05. The smallest absolute Gasteiger partial charge is 0.0162 e. The van der Waals surface area contributed by atoms with Gasteiger partial charge in [0.2, 0.25) is 0 Å². The zero-order chi connectivity index (χ0) is 9.52. The zero-order valence-corrected chi connectivity index (χ0v) is 11.3. The highest BCUT2D eigenvalue weighted by Crippen LogP contribution is 2.14. The molecule has 0 fully saturated rings. The minimum absolute atomic E-state index is 1.14. The van der Waals surface area contributed by atoms with Gasteiger partial charge in [0, 0.05) is 8.90 Å². The first-order valence-electron chi connectivity index (χ1n) is 4.64. The Balaban J connectivity index is 2.32. The second kappa shape index (κ2) is 6.82. The molecule has 72 valence electrons. The van der Waals surface area contributed by atoms with Gasteiger partial charge >= 0.3 is 0 Å². The first-order chi connectivity index (χ1) is 6.34. The minimum Gasteiger partial charge on any atom is -0.0928 e. The molecule has 0 aliphatic carbocycles. The van der Waals surface area contributed by atoms with Crippen LogP contribution in [0, 0.1) is 3.57 Å². The molecule has 1 aromatic rings. The van der Waals surface area contributed by atoms with Gasteiger partial charge in [-0.1, -0.05) is 40.5 Å². The summed E-state index contributed by atoms with van der Waals surface area (Å²) in [5, 5.41) is 1.14. The van der Waals surface area contributed by atoms with E-state index in [-0.39, 0.29) is 0 Å². The van der Waals surface area contributed by atoms with Gasteiger partial charge in [-0.15, -0.1) is 0 Å². The molecule has 0 aliphatic heterocycles. The number of hydrogen-bond acceptors (Lipinski definition) is 0. The molecule has 0 spiro atoms. The van der Waals surface area contributed by atoms with Crippen molar-refractivity contribution in [2.45, 2.75) is 25.7 Å². The van der Waals surface area contributed by atoms with E-state index in [0.29, 0.717) is 0 Å². The summed E-state index contributed by atoms with van der Waals surface area (Å²) in [7, 11) is 0. The Labute approximate surface area is 102 Å². The standard InChI is InChI=1S/C11H14BrI/c12-9-5-1-2-6-10-7-3-4-8-11(10)13/h3-4,7-8H,1-2,5-6,9H2. The van der Waals surface area contributed by atoms with Gasteiger partial charge < -0.3 is 0 Å². The Morgan fingerprint density at radius 3 is 2.54 bits per heavy atom. The molecule has 0 saturated carbocycles. The predicted octanol–water partition coefficient (Wildman–Crippen LogP) is 4.40. The fraction of sp³-hybridized carbons (Fsp3) is 0.455. The van der Waals surface area contributed by atoms with Crippen LogP contribution in [-0.2, 0) is 6.42 Å².